The largest absolute Gasteiger partial charge is 0.367 e. The lowest BCUT2D eigenvalue weighted by Gasteiger charge is -2.36. The van der Waals surface area contributed by atoms with Crippen LogP contribution in [0.4, 0.5) is 17.1 Å². The molecule has 1 aliphatic heterocycles. The minimum Gasteiger partial charge on any atom is -0.367 e. The van der Waals surface area contributed by atoms with Crippen molar-refractivity contribution in [3.8, 4) is 0 Å². The summed E-state index contributed by atoms with van der Waals surface area (Å²) in [5.41, 5.74) is 1.04. The fourth-order valence-corrected chi connectivity index (χ4v) is 3.91. The molecule has 0 radical (unpaired) electrons. The molecule has 2 amide bonds. The second-order valence-corrected chi connectivity index (χ2v) is 7.97. The molecule has 0 spiro atoms. The lowest BCUT2D eigenvalue weighted by atomic mass is 10.1. The molecule has 0 atom stereocenters. The second kappa shape index (κ2) is 9.98. The van der Waals surface area contributed by atoms with E-state index in [0.717, 1.165) is 18.2 Å². The third kappa shape index (κ3) is 5.45. The first-order valence-electron chi connectivity index (χ1n) is 9.87. The van der Waals surface area contributed by atoms with Gasteiger partial charge in [0.25, 0.3) is 11.6 Å². The van der Waals surface area contributed by atoms with Crippen molar-refractivity contribution in [2.45, 2.75) is 19.8 Å². The Balaban J connectivity index is 1.68. The number of halogens is 2. The standard InChI is InChI=1S/C21H22Cl2N4O4/c1-2-3-20(28)26-10-8-25(9-11-26)19-7-4-14(12-18(19)23)24-21(29)16-13-15(27(30)31)5-6-17(16)22/h4-7,12-13H,2-3,8-11H2,1H3,(H,24,29). The Kier molecular flexibility index (Phi) is 7.35. The summed E-state index contributed by atoms with van der Waals surface area (Å²) in [6.07, 6.45) is 1.39. The number of amides is 2. The van der Waals surface area contributed by atoms with Crippen molar-refractivity contribution in [1.82, 2.24) is 4.90 Å². The normalized spacial score (nSPS) is 13.8. The minimum atomic E-state index is -0.589. The SMILES string of the molecule is CCCC(=O)N1CCN(c2ccc(NC(=O)c3cc([N+](=O)[O-])ccc3Cl)cc2Cl)CC1. The Bertz CT molecular complexity index is 1010. The lowest BCUT2D eigenvalue weighted by molar-refractivity contribution is -0.384. The molecule has 1 aliphatic rings. The second-order valence-electron chi connectivity index (χ2n) is 7.16. The average Bonchev–Trinajstić information content (AvgIpc) is 2.74. The molecule has 0 saturated carbocycles. The van der Waals surface area contributed by atoms with Gasteiger partial charge in [-0.2, -0.15) is 0 Å². The minimum absolute atomic E-state index is 0.00364. The lowest BCUT2D eigenvalue weighted by Crippen LogP contribution is -2.48. The van der Waals surface area contributed by atoms with E-state index in [2.05, 4.69) is 10.2 Å². The highest BCUT2D eigenvalue weighted by molar-refractivity contribution is 6.35. The number of non-ortho nitro benzene ring substituents is 1. The van der Waals surface area contributed by atoms with Crippen molar-refractivity contribution in [3.63, 3.8) is 0 Å². The van der Waals surface area contributed by atoms with Crippen LogP contribution < -0.4 is 10.2 Å². The van der Waals surface area contributed by atoms with Gasteiger partial charge in [-0.3, -0.25) is 19.7 Å². The number of nitro groups is 1. The van der Waals surface area contributed by atoms with Gasteiger partial charge >= 0.3 is 0 Å². The highest BCUT2D eigenvalue weighted by Gasteiger charge is 2.22. The third-order valence-electron chi connectivity index (χ3n) is 5.05. The maximum absolute atomic E-state index is 12.6. The zero-order valence-corrected chi connectivity index (χ0v) is 18.4. The number of carbonyl (C=O) groups is 2. The molecular weight excluding hydrogens is 443 g/mol. The number of nitro benzene ring substituents is 1. The van der Waals surface area contributed by atoms with E-state index in [9.17, 15) is 19.7 Å². The highest BCUT2D eigenvalue weighted by Crippen LogP contribution is 2.30. The van der Waals surface area contributed by atoms with Crippen molar-refractivity contribution < 1.29 is 14.5 Å². The number of hydrogen-bond donors (Lipinski definition) is 1. The number of piperazine rings is 1. The van der Waals surface area contributed by atoms with E-state index < -0.39 is 10.8 Å². The Hall–Kier alpha value is -2.84. The zero-order chi connectivity index (χ0) is 22.5. The molecule has 0 aromatic heterocycles. The Morgan fingerprint density at radius 3 is 2.39 bits per heavy atom. The molecule has 1 fully saturated rings. The van der Waals surface area contributed by atoms with Crippen LogP contribution in [0.2, 0.25) is 10.0 Å². The topological polar surface area (TPSA) is 95.8 Å². The number of rotatable bonds is 6. The van der Waals surface area contributed by atoms with Gasteiger partial charge in [0.05, 0.1) is 26.2 Å². The Morgan fingerprint density at radius 2 is 1.77 bits per heavy atom. The first-order valence-corrected chi connectivity index (χ1v) is 10.6. The number of carbonyl (C=O) groups excluding carboxylic acids is 2. The van der Waals surface area contributed by atoms with Crippen molar-refractivity contribution >= 4 is 52.1 Å². The van der Waals surface area contributed by atoms with Gasteiger partial charge in [-0.15, -0.1) is 0 Å². The Labute approximate surface area is 189 Å². The van der Waals surface area contributed by atoms with Gasteiger partial charge in [0.2, 0.25) is 5.91 Å². The summed E-state index contributed by atoms with van der Waals surface area (Å²) < 4.78 is 0. The summed E-state index contributed by atoms with van der Waals surface area (Å²) in [7, 11) is 0. The van der Waals surface area contributed by atoms with Crippen LogP contribution in [-0.4, -0.2) is 47.8 Å². The summed E-state index contributed by atoms with van der Waals surface area (Å²) in [5.74, 6) is -0.397. The first kappa shape index (κ1) is 22.8. The molecule has 1 saturated heterocycles. The first-order chi connectivity index (χ1) is 14.8. The summed E-state index contributed by atoms with van der Waals surface area (Å²) >= 11 is 12.5. The fourth-order valence-electron chi connectivity index (χ4n) is 3.41. The predicted molar refractivity (Wildman–Crippen MR) is 121 cm³/mol. The van der Waals surface area contributed by atoms with Crippen LogP contribution in [0.5, 0.6) is 0 Å². The Morgan fingerprint density at radius 1 is 1.06 bits per heavy atom. The highest BCUT2D eigenvalue weighted by atomic mass is 35.5. The van der Waals surface area contributed by atoms with E-state index in [4.69, 9.17) is 23.2 Å². The van der Waals surface area contributed by atoms with Crippen LogP contribution in [0.1, 0.15) is 30.1 Å². The molecule has 1 N–H and O–H groups in total. The van der Waals surface area contributed by atoms with Crippen LogP contribution in [0.15, 0.2) is 36.4 Å². The molecule has 31 heavy (non-hydrogen) atoms. The van der Waals surface area contributed by atoms with E-state index in [1.54, 1.807) is 18.2 Å². The molecule has 0 bridgehead atoms. The number of hydrogen-bond acceptors (Lipinski definition) is 5. The smallest absolute Gasteiger partial charge is 0.270 e. The van der Waals surface area contributed by atoms with Crippen LogP contribution in [-0.2, 0) is 4.79 Å². The molecule has 8 nitrogen and oxygen atoms in total. The van der Waals surface area contributed by atoms with E-state index >= 15 is 0 Å². The number of nitrogens with one attached hydrogen (secondary N) is 1. The molecule has 0 unspecified atom stereocenters. The van der Waals surface area contributed by atoms with E-state index in [-0.39, 0.29) is 22.2 Å². The molecule has 1 heterocycles. The van der Waals surface area contributed by atoms with Crippen LogP contribution in [0, 0.1) is 10.1 Å². The van der Waals surface area contributed by atoms with Gasteiger partial charge in [0.15, 0.2) is 0 Å². The van der Waals surface area contributed by atoms with Crippen molar-refractivity contribution in [3.05, 3.63) is 62.1 Å². The van der Waals surface area contributed by atoms with Gasteiger partial charge in [-0.1, -0.05) is 30.1 Å². The monoisotopic (exact) mass is 464 g/mol. The maximum atomic E-state index is 12.6. The molecule has 164 valence electrons. The summed E-state index contributed by atoms with van der Waals surface area (Å²) in [6, 6.07) is 8.81. The molecule has 10 heteroatoms. The molecule has 2 aromatic rings. The van der Waals surface area contributed by atoms with Crippen LogP contribution in [0.3, 0.4) is 0 Å². The number of benzene rings is 2. The summed E-state index contributed by atoms with van der Waals surface area (Å²) in [6.45, 7) is 4.60. The van der Waals surface area contributed by atoms with Gasteiger partial charge in [0, 0.05) is 50.4 Å². The van der Waals surface area contributed by atoms with Crippen LogP contribution >= 0.6 is 23.2 Å². The average molecular weight is 465 g/mol. The van der Waals surface area contributed by atoms with Crippen molar-refractivity contribution in [1.29, 1.82) is 0 Å². The van der Waals surface area contributed by atoms with Crippen LogP contribution in [0.25, 0.3) is 0 Å². The van der Waals surface area contributed by atoms with Gasteiger partial charge in [0.1, 0.15) is 0 Å². The maximum Gasteiger partial charge on any atom is 0.270 e. The van der Waals surface area contributed by atoms with E-state index in [1.807, 2.05) is 11.8 Å². The number of anilines is 2. The quantitative estimate of drug-likeness (QED) is 0.497. The summed E-state index contributed by atoms with van der Waals surface area (Å²) in [5, 5.41) is 14.2. The summed E-state index contributed by atoms with van der Waals surface area (Å²) in [4.78, 5) is 38.9. The fraction of sp³-hybridized carbons (Fsp3) is 0.333. The van der Waals surface area contributed by atoms with Crippen molar-refractivity contribution in [2.75, 3.05) is 36.4 Å². The molecule has 0 aliphatic carbocycles. The van der Waals surface area contributed by atoms with Gasteiger partial charge in [-0.05, 0) is 30.7 Å². The van der Waals surface area contributed by atoms with Crippen molar-refractivity contribution in [2.24, 2.45) is 0 Å². The van der Waals surface area contributed by atoms with Gasteiger partial charge in [-0.25, -0.2) is 0 Å². The molecular formula is C21H22Cl2N4O4. The van der Waals surface area contributed by atoms with Gasteiger partial charge < -0.3 is 15.1 Å². The van der Waals surface area contributed by atoms with E-state index in [0.29, 0.717) is 43.3 Å². The number of nitrogens with zero attached hydrogens (tertiary/aromatic N) is 3. The molecule has 3 rings (SSSR count). The third-order valence-corrected chi connectivity index (χ3v) is 5.68. The van der Waals surface area contributed by atoms with E-state index in [1.165, 1.54) is 12.1 Å². The molecule has 2 aromatic carbocycles. The zero-order valence-electron chi connectivity index (χ0n) is 16.9. The predicted octanol–water partition coefficient (Wildman–Crippen LogP) is 4.60.